The highest BCUT2D eigenvalue weighted by molar-refractivity contribution is 5.81. The molecule has 0 bridgehead atoms. The molecule has 0 aliphatic carbocycles. The number of hydrogen-bond donors (Lipinski definition) is 0. The molecule has 0 aromatic rings. The van der Waals surface area contributed by atoms with Crippen LogP contribution < -0.4 is 0 Å². The van der Waals surface area contributed by atoms with Crippen LogP contribution in [-0.4, -0.2) is 101 Å². The van der Waals surface area contributed by atoms with E-state index in [2.05, 4.69) is 21.1 Å². The van der Waals surface area contributed by atoms with Crippen LogP contribution in [0.5, 0.6) is 0 Å². The fourth-order valence-corrected chi connectivity index (χ4v) is 1.48. The molecule has 0 heterocycles. The molecule has 0 rings (SSSR count). The maximum Gasteiger partial charge on any atom is 0.306 e. The second-order valence-electron chi connectivity index (χ2n) is 7.56. The third-order valence-electron chi connectivity index (χ3n) is 3.10. The minimum atomic E-state index is -0.295. The summed E-state index contributed by atoms with van der Waals surface area (Å²) in [6, 6.07) is 0. The van der Waals surface area contributed by atoms with Crippen molar-refractivity contribution in [3.63, 3.8) is 0 Å². The van der Waals surface area contributed by atoms with Crippen molar-refractivity contribution in [2.75, 3.05) is 75.6 Å². The van der Waals surface area contributed by atoms with Gasteiger partial charge in [-0.05, 0) is 0 Å². The average Bonchev–Trinajstić information content (AvgIpc) is 2.30. The van der Waals surface area contributed by atoms with E-state index < -0.39 is 0 Å². The van der Waals surface area contributed by atoms with Crippen LogP contribution >= 0.6 is 0 Å². The molecular formula is C15H33N3O3+2. The molecule has 0 atom stereocenters. The second-order valence-corrected chi connectivity index (χ2v) is 7.56. The van der Waals surface area contributed by atoms with E-state index in [0.29, 0.717) is 13.2 Å². The first kappa shape index (κ1) is 19.9. The predicted molar refractivity (Wildman–Crippen MR) is 83.6 cm³/mol. The van der Waals surface area contributed by atoms with Crippen LogP contribution in [0.1, 0.15) is 12.8 Å². The van der Waals surface area contributed by atoms with Gasteiger partial charge in [0.05, 0.1) is 61.8 Å². The van der Waals surface area contributed by atoms with Crippen molar-refractivity contribution in [3.8, 4) is 0 Å². The molecule has 0 aromatic carbocycles. The molecule has 21 heavy (non-hydrogen) atoms. The van der Waals surface area contributed by atoms with Crippen molar-refractivity contribution in [2.45, 2.75) is 12.8 Å². The smallest absolute Gasteiger partial charge is 0.306 e. The molecule has 0 aromatic heterocycles. The largest absolute Gasteiger partial charge is 0.460 e. The Kier molecular flexibility index (Phi) is 7.89. The monoisotopic (exact) mass is 303 g/mol. The molecular weight excluding hydrogens is 270 g/mol. The number of esters is 1. The minimum Gasteiger partial charge on any atom is -0.460 e. The van der Waals surface area contributed by atoms with Crippen LogP contribution in [0, 0.1) is 0 Å². The Morgan fingerprint density at radius 1 is 0.905 bits per heavy atom. The fourth-order valence-electron chi connectivity index (χ4n) is 1.48. The summed E-state index contributed by atoms with van der Waals surface area (Å²) in [6.45, 7) is 2.74. The highest BCUT2D eigenvalue weighted by Crippen LogP contribution is 2.00. The number of likely N-dealkylation sites (N-methyl/N-ethyl adjacent to an activating group) is 3. The lowest BCUT2D eigenvalue weighted by molar-refractivity contribution is -0.870. The van der Waals surface area contributed by atoms with Gasteiger partial charge in [0.15, 0.2) is 0 Å². The van der Waals surface area contributed by atoms with Crippen molar-refractivity contribution in [1.82, 2.24) is 4.90 Å². The Balaban J connectivity index is 3.89. The van der Waals surface area contributed by atoms with Crippen LogP contribution in [0.15, 0.2) is 0 Å². The van der Waals surface area contributed by atoms with Crippen LogP contribution in [0.2, 0.25) is 0 Å². The number of hydrogen-bond acceptors (Lipinski definition) is 3. The summed E-state index contributed by atoms with van der Waals surface area (Å²) in [5, 5.41) is 0. The Morgan fingerprint density at radius 3 is 1.90 bits per heavy atom. The molecule has 0 aliphatic rings. The van der Waals surface area contributed by atoms with E-state index in [-0.39, 0.29) is 24.7 Å². The van der Waals surface area contributed by atoms with Crippen LogP contribution in [0.25, 0.3) is 0 Å². The molecule has 1 amide bonds. The summed E-state index contributed by atoms with van der Waals surface area (Å²) in [5.74, 6) is -0.302. The van der Waals surface area contributed by atoms with Gasteiger partial charge in [0.2, 0.25) is 5.91 Å². The predicted octanol–water partition coefficient (Wildman–Crippen LogP) is 0.181. The highest BCUT2D eigenvalue weighted by Gasteiger charge is 2.16. The maximum atomic E-state index is 11.9. The van der Waals surface area contributed by atoms with Crippen molar-refractivity contribution in [1.29, 1.82) is 0 Å². The second kappa shape index (κ2) is 8.34. The Bertz CT molecular complexity index is 343. The quantitative estimate of drug-likeness (QED) is 0.451. The Labute approximate surface area is 129 Å². The van der Waals surface area contributed by atoms with Crippen molar-refractivity contribution in [3.05, 3.63) is 0 Å². The minimum absolute atomic E-state index is 0.00740. The van der Waals surface area contributed by atoms with E-state index in [9.17, 15) is 9.59 Å². The van der Waals surface area contributed by atoms with Crippen LogP contribution in [0.4, 0.5) is 0 Å². The summed E-state index contributed by atoms with van der Waals surface area (Å²) in [6.07, 6.45) is 0.377. The summed E-state index contributed by atoms with van der Waals surface area (Å²) in [7, 11) is 14.2. The lowest BCUT2D eigenvalue weighted by Gasteiger charge is -2.27. The van der Waals surface area contributed by atoms with Crippen molar-refractivity contribution >= 4 is 11.9 Å². The third kappa shape index (κ3) is 12.3. The average molecular weight is 303 g/mol. The summed E-state index contributed by atoms with van der Waals surface area (Å²) >= 11 is 0. The van der Waals surface area contributed by atoms with Gasteiger partial charge in [-0.15, -0.1) is 0 Å². The highest BCUT2D eigenvalue weighted by atomic mass is 16.5. The first-order valence-electron chi connectivity index (χ1n) is 7.41. The van der Waals surface area contributed by atoms with E-state index in [0.717, 1.165) is 22.1 Å². The number of amides is 1. The Morgan fingerprint density at radius 2 is 1.43 bits per heavy atom. The van der Waals surface area contributed by atoms with Gasteiger partial charge in [-0.25, -0.2) is 0 Å². The van der Waals surface area contributed by atoms with Gasteiger partial charge in [-0.2, -0.15) is 0 Å². The summed E-state index contributed by atoms with van der Waals surface area (Å²) in [5.41, 5.74) is 0. The number of ether oxygens (including phenoxy) is 1. The number of carbonyl (C=O) groups is 2. The van der Waals surface area contributed by atoms with Gasteiger partial charge in [0, 0.05) is 13.5 Å². The van der Waals surface area contributed by atoms with Crippen molar-refractivity contribution in [2.24, 2.45) is 0 Å². The maximum absolute atomic E-state index is 11.9. The zero-order valence-electron chi connectivity index (χ0n) is 14.8. The van der Waals surface area contributed by atoms with E-state index >= 15 is 0 Å². The standard InChI is InChI=1S/C15H33N3O3/c1-16(10-11-17(2,3)4)14(19)8-9-15(20)21-13-12-18(5,6)7/h8-13H2,1-7H3/q+2. The van der Waals surface area contributed by atoms with Gasteiger partial charge in [0.25, 0.3) is 0 Å². The molecule has 0 radical (unpaired) electrons. The summed E-state index contributed by atoms with van der Waals surface area (Å²) < 4.78 is 6.69. The molecule has 0 saturated heterocycles. The lowest BCUT2D eigenvalue weighted by atomic mass is 10.3. The fraction of sp³-hybridized carbons (Fsp3) is 0.867. The number of carbonyl (C=O) groups excluding carboxylic acids is 2. The molecule has 0 aliphatic heterocycles. The first-order chi connectivity index (χ1) is 9.41. The number of nitrogens with zero attached hydrogens (tertiary/aromatic N) is 3. The van der Waals surface area contributed by atoms with Gasteiger partial charge in [0.1, 0.15) is 13.2 Å². The van der Waals surface area contributed by atoms with Gasteiger partial charge >= 0.3 is 5.97 Å². The van der Waals surface area contributed by atoms with Gasteiger partial charge in [-0.3, -0.25) is 9.59 Å². The molecule has 6 heteroatoms. The van der Waals surface area contributed by atoms with E-state index in [1.807, 2.05) is 21.1 Å². The SMILES string of the molecule is CN(CC[N+](C)(C)C)C(=O)CCC(=O)OCC[N+](C)(C)C. The van der Waals surface area contributed by atoms with Crippen LogP contribution in [-0.2, 0) is 14.3 Å². The van der Waals surface area contributed by atoms with Crippen molar-refractivity contribution < 1.29 is 23.3 Å². The number of quaternary nitrogens is 2. The molecule has 6 nitrogen and oxygen atoms in total. The van der Waals surface area contributed by atoms with E-state index in [1.54, 1.807) is 11.9 Å². The first-order valence-corrected chi connectivity index (χ1v) is 7.41. The number of rotatable bonds is 9. The van der Waals surface area contributed by atoms with Gasteiger partial charge in [-0.1, -0.05) is 0 Å². The van der Waals surface area contributed by atoms with E-state index in [4.69, 9.17) is 4.74 Å². The molecule has 0 saturated carbocycles. The summed E-state index contributed by atoms with van der Waals surface area (Å²) in [4.78, 5) is 25.2. The molecule has 0 N–H and O–H groups in total. The lowest BCUT2D eigenvalue weighted by Crippen LogP contribution is -2.42. The third-order valence-corrected chi connectivity index (χ3v) is 3.10. The zero-order valence-corrected chi connectivity index (χ0v) is 14.8. The van der Waals surface area contributed by atoms with Crippen LogP contribution in [0.3, 0.4) is 0 Å². The topological polar surface area (TPSA) is 46.6 Å². The van der Waals surface area contributed by atoms with Gasteiger partial charge < -0.3 is 18.6 Å². The normalized spacial score (nSPS) is 12.1. The molecule has 124 valence electrons. The van der Waals surface area contributed by atoms with E-state index in [1.165, 1.54) is 0 Å². The molecule has 0 fully saturated rings. The molecule has 0 unspecified atom stereocenters. The Hall–Kier alpha value is -1.14. The molecule has 0 spiro atoms. The zero-order chi connectivity index (χ0) is 16.7.